The van der Waals surface area contributed by atoms with Gasteiger partial charge in [0.25, 0.3) is 0 Å². The lowest BCUT2D eigenvalue weighted by Gasteiger charge is -2.05. The summed E-state index contributed by atoms with van der Waals surface area (Å²) in [6, 6.07) is 5.17. The molecule has 1 saturated carbocycles. The van der Waals surface area contributed by atoms with Gasteiger partial charge < -0.3 is 10.5 Å². The molecule has 0 aromatic heterocycles. The Balaban J connectivity index is 2.20. The van der Waals surface area contributed by atoms with Crippen LogP contribution in [0, 0.1) is 0 Å². The van der Waals surface area contributed by atoms with Gasteiger partial charge in [-0.2, -0.15) is 0 Å². The highest BCUT2D eigenvalue weighted by atomic mass is 16.5. The van der Waals surface area contributed by atoms with Gasteiger partial charge in [0.2, 0.25) is 0 Å². The Bertz CT molecular complexity index is 332. The summed E-state index contributed by atoms with van der Waals surface area (Å²) in [5.41, 5.74) is 6.56. The third kappa shape index (κ3) is 1.80. The molecule has 3 heteroatoms. The van der Waals surface area contributed by atoms with Crippen LogP contribution < -0.4 is 10.5 Å². The van der Waals surface area contributed by atoms with Crippen molar-refractivity contribution in [1.29, 1.82) is 0 Å². The van der Waals surface area contributed by atoms with Crippen LogP contribution in [0.4, 0.5) is 5.69 Å². The molecular formula is C10H11NO2. The van der Waals surface area contributed by atoms with Crippen LogP contribution in [0.15, 0.2) is 18.2 Å². The summed E-state index contributed by atoms with van der Waals surface area (Å²) in [5.74, 6) is 0.735. The van der Waals surface area contributed by atoms with Crippen LogP contribution in [0.3, 0.4) is 0 Å². The number of benzene rings is 1. The quantitative estimate of drug-likeness (QED) is 0.563. The van der Waals surface area contributed by atoms with Crippen LogP contribution in [0.5, 0.6) is 5.75 Å². The van der Waals surface area contributed by atoms with Crippen molar-refractivity contribution in [2.24, 2.45) is 0 Å². The van der Waals surface area contributed by atoms with Gasteiger partial charge in [0.05, 0.1) is 6.10 Å². The van der Waals surface area contributed by atoms with Crippen LogP contribution in [-0.4, -0.2) is 12.4 Å². The van der Waals surface area contributed by atoms with Crippen molar-refractivity contribution in [3.63, 3.8) is 0 Å². The summed E-state index contributed by atoms with van der Waals surface area (Å²) in [5, 5.41) is 0. The van der Waals surface area contributed by atoms with Gasteiger partial charge in [0.1, 0.15) is 5.75 Å². The van der Waals surface area contributed by atoms with Gasteiger partial charge in [0.15, 0.2) is 6.29 Å². The number of ether oxygens (including phenoxy) is 1. The van der Waals surface area contributed by atoms with E-state index in [1.54, 1.807) is 18.2 Å². The molecule has 1 fully saturated rings. The molecule has 2 rings (SSSR count). The van der Waals surface area contributed by atoms with Crippen molar-refractivity contribution in [2.75, 3.05) is 5.73 Å². The highest BCUT2D eigenvalue weighted by molar-refractivity contribution is 5.83. The number of carbonyl (C=O) groups excluding carboxylic acids is 1. The number of aldehydes is 1. The Morgan fingerprint density at radius 1 is 1.46 bits per heavy atom. The largest absolute Gasteiger partial charge is 0.490 e. The van der Waals surface area contributed by atoms with Crippen molar-refractivity contribution in [1.82, 2.24) is 0 Å². The topological polar surface area (TPSA) is 52.3 Å². The lowest BCUT2D eigenvalue weighted by Crippen LogP contribution is -1.98. The van der Waals surface area contributed by atoms with E-state index in [1.807, 2.05) is 0 Å². The Kier molecular flexibility index (Phi) is 1.93. The van der Waals surface area contributed by atoms with Gasteiger partial charge in [-0.15, -0.1) is 0 Å². The van der Waals surface area contributed by atoms with E-state index in [4.69, 9.17) is 10.5 Å². The molecule has 0 atom stereocenters. The summed E-state index contributed by atoms with van der Waals surface area (Å²) in [6.07, 6.45) is 3.32. The van der Waals surface area contributed by atoms with Gasteiger partial charge in [-0.3, -0.25) is 4.79 Å². The number of carbonyl (C=O) groups is 1. The molecule has 0 spiro atoms. The first-order valence-corrected chi connectivity index (χ1v) is 4.31. The fraction of sp³-hybridized carbons (Fsp3) is 0.300. The maximum Gasteiger partial charge on any atom is 0.152 e. The molecule has 68 valence electrons. The highest BCUT2D eigenvalue weighted by Gasteiger charge is 2.23. The number of hydrogen-bond donors (Lipinski definition) is 1. The molecule has 1 aliphatic rings. The van der Waals surface area contributed by atoms with Gasteiger partial charge >= 0.3 is 0 Å². The molecular weight excluding hydrogens is 166 g/mol. The van der Waals surface area contributed by atoms with Crippen LogP contribution in [0.2, 0.25) is 0 Å². The zero-order valence-electron chi connectivity index (χ0n) is 7.19. The monoisotopic (exact) mass is 177 g/mol. The van der Waals surface area contributed by atoms with Crippen LogP contribution in [0.1, 0.15) is 23.2 Å². The minimum Gasteiger partial charge on any atom is -0.490 e. The minimum absolute atomic E-state index is 0.350. The van der Waals surface area contributed by atoms with Gasteiger partial charge in [-0.05, 0) is 31.0 Å². The maximum absolute atomic E-state index is 10.5. The Morgan fingerprint density at radius 2 is 2.23 bits per heavy atom. The molecule has 0 unspecified atom stereocenters. The summed E-state index contributed by atoms with van der Waals surface area (Å²) < 4.78 is 5.51. The third-order valence-corrected chi connectivity index (χ3v) is 2.01. The molecule has 1 aliphatic carbocycles. The summed E-state index contributed by atoms with van der Waals surface area (Å²) in [6.45, 7) is 0. The Morgan fingerprint density at radius 3 is 2.85 bits per heavy atom. The number of anilines is 1. The van der Waals surface area contributed by atoms with Crippen molar-refractivity contribution in [3.05, 3.63) is 23.8 Å². The fourth-order valence-corrected chi connectivity index (χ4v) is 1.11. The smallest absolute Gasteiger partial charge is 0.152 e. The van der Waals surface area contributed by atoms with E-state index in [-0.39, 0.29) is 0 Å². The average Bonchev–Trinajstić information content (AvgIpc) is 2.92. The van der Waals surface area contributed by atoms with E-state index in [0.717, 1.165) is 24.9 Å². The van der Waals surface area contributed by atoms with Crippen molar-refractivity contribution >= 4 is 12.0 Å². The zero-order valence-corrected chi connectivity index (χ0v) is 7.19. The molecule has 0 heterocycles. The first-order chi connectivity index (χ1) is 6.29. The minimum atomic E-state index is 0.350. The van der Waals surface area contributed by atoms with E-state index >= 15 is 0 Å². The molecule has 3 nitrogen and oxygen atoms in total. The summed E-state index contributed by atoms with van der Waals surface area (Å²) >= 11 is 0. The van der Waals surface area contributed by atoms with E-state index < -0.39 is 0 Å². The van der Waals surface area contributed by atoms with E-state index in [1.165, 1.54) is 0 Å². The highest BCUT2D eigenvalue weighted by Crippen LogP contribution is 2.28. The molecule has 1 aromatic carbocycles. The maximum atomic E-state index is 10.5. The Labute approximate surface area is 76.5 Å². The molecule has 0 saturated heterocycles. The Hall–Kier alpha value is -1.51. The zero-order chi connectivity index (χ0) is 9.26. The van der Waals surface area contributed by atoms with Crippen LogP contribution in [-0.2, 0) is 0 Å². The molecule has 1 aromatic rings. The van der Waals surface area contributed by atoms with Crippen molar-refractivity contribution < 1.29 is 9.53 Å². The molecule has 0 radical (unpaired) electrons. The van der Waals surface area contributed by atoms with Gasteiger partial charge in [-0.1, -0.05) is 0 Å². The second kappa shape index (κ2) is 3.09. The first-order valence-electron chi connectivity index (χ1n) is 4.31. The van der Waals surface area contributed by atoms with E-state index in [9.17, 15) is 4.79 Å². The number of nitrogens with two attached hydrogens (primary N) is 1. The second-order valence-corrected chi connectivity index (χ2v) is 3.23. The second-order valence-electron chi connectivity index (χ2n) is 3.23. The molecule has 0 bridgehead atoms. The first kappa shape index (κ1) is 8.10. The number of nitrogen functional groups attached to an aromatic ring is 1. The predicted octanol–water partition coefficient (Wildman–Crippen LogP) is 1.62. The average molecular weight is 177 g/mol. The van der Waals surface area contributed by atoms with E-state index in [0.29, 0.717) is 17.4 Å². The molecule has 2 N–H and O–H groups in total. The van der Waals surface area contributed by atoms with Gasteiger partial charge in [-0.25, -0.2) is 0 Å². The lowest BCUT2D eigenvalue weighted by molar-refractivity contribution is 0.112. The standard InChI is InChI=1S/C10H11NO2/c11-10-4-3-9(5-7(10)6-12)13-8-1-2-8/h3-6,8H,1-2,11H2. The molecule has 13 heavy (non-hydrogen) atoms. The summed E-state index contributed by atoms with van der Waals surface area (Å²) in [4.78, 5) is 10.5. The van der Waals surface area contributed by atoms with Crippen molar-refractivity contribution in [2.45, 2.75) is 18.9 Å². The summed E-state index contributed by atoms with van der Waals surface area (Å²) in [7, 11) is 0. The fourth-order valence-electron chi connectivity index (χ4n) is 1.11. The van der Waals surface area contributed by atoms with Gasteiger partial charge in [0, 0.05) is 11.3 Å². The van der Waals surface area contributed by atoms with Crippen molar-refractivity contribution in [3.8, 4) is 5.75 Å². The lowest BCUT2D eigenvalue weighted by atomic mass is 10.2. The molecule has 0 aliphatic heterocycles. The van der Waals surface area contributed by atoms with Crippen LogP contribution >= 0.6 is 0 Å². The molecule has 0 amide bonds. The number of rotatable bonds is 3. The van der Waals surface area contributed by atoms with Crippen LogP contribution in [0.25, 0.3) is 0 Å². The normalized spacial score (nSPS) is 15.4. The SMILES string of the molecule is Nc1ccc(OC2CC2)cc1C=O. The van der Waals surface area contributed by atoms with E-state index in [2.05, 4.69) is 0 Å². The third-order valence-electron chi connectivity index (χ3n) is 2.01. The predicted molar refractivity (Wildman–Crippen MR) is 49.9 cm³/mol. The number of hydrogen-bond acceptors (Lipinski definition) is 3.